The number of benzene rings is 2. The minimum atomic E-state index is 0.540. The maximum atomic E-state index is 6.61. The molecule has 110 valence electrons. The van der Waals surface area contributed by atoms with Crippen molar-refractivity contribution in [2.75, 3.05) is 0 Å². The smallest absolute Gasteiger partial charge is 0.0487 e. The van der Waals surface area contributed by atoms with Gasteiger partial charge in [0.15, 0.2) is 0 Å². The Morgan fingerprint density at radius 1 is 1.24 bits per heavy atom. The molecule has 0 saturated heterocycles. The summed E-state index contributed by atoms with van der Waals surface area (Å²) in [5, 5.41) is 3.56. The lowest BCUT2D eigenvalue weighted by molar-refractivity contribution is 0.207. The van der Waals surface area contributed by atoms with Gasteiger partial charge in [0.1, 0.15) is 0 Å². The van der Waals surface area contributed by atoms with Crippen LogP contribution in [0.1, 0.15) is 56.6 Å². The van der Waals surface area contributed by atoms with Crippen molar-refractivity contribution in [1.82, 2.24) is 0 Å². The fraction of sp³-hybridized carbons (Fsp3) is 0.500. The summed E-state index contributed by atoms with van der Waals surface area (Å²) in [5.74, 6) is 1.58. The summed E-state index contributed by atoms with van der Waals surface area (Å²) in [5.41, 5.74) is 3.69. The second-order valence-electron chi connectivity index (χ2n) is 7.29. The maximum absolute atomic E-state index is 6.61. The molecular weight excluding hydrogens is 276 g/mol. The Morgan fingerprint density at radius 2 is 2.00 bits per heavy atom. The lowest BCUT2D eigenvalue weighted by atomic mass is 9.64. The molecule has 1 saturated carbocycles. The van der Waals surface area contributed by atoms with Gasteiger partial charge in [-0.3, -0.25) is 0 Å². The van der Waals surface area contributed by atoms with Crippen LogP contribution in [0, 0.1) is 11.3 Å². The average Bonchev–Trinajstić information content (AvgIpc) is 2.85. The molecule has 0 bridgehead atoms. The lowest BCUT2D eigenvalue weighted by Gasteiger charge is -2.41. The Morgan fingerprint density at radius 3 is 2.76 bits per heavy atom. The summed E-state index contributed by atoms with van der Waals surface area (Å²) in [4.78, 5) is 0. The van der Waals surface area contributed by atoms with E-state index in [9.17, 15) is 0 Å². The van der Waals surface area contributed by atoms with Crippen molar-refractivity contribution in [3.63, 3.8) is 0 Å². The first-order valence-electron chi connectivity index (χ1n) is 8.34. The highest BCUT2D eigenvalue weighted by Gasteiger charge is 2.48. The molecule has 21 heavy (non-hydrogen) atoms. The second-order valence-corrected chi connectivity index (χ2v) is 7.69. The highest BCUT2D eigenvalue weighted by molar-refractivity contribution is 6.35. The van der Waals surface area contributed by atoms with Crippen LogP contribution in [-0.4, -0.2) is 0 Å². The number of halogens is 1. The van der Waals surface area contributed by atoms with Crippen LogP contribution in [0.25, 0.3) is 10.8 Å². The number of hydrogen-bond donors (Lipinski definition) is 0. The van der Waals surface area contributed by atoms with Gasteiger partial charge in [-0.2, -0.15) is 0 Å². The number of aryl methyl sites for hydroxylation is 1. The van der Waals surface area contributed by atoms with Crippen molar-refractivity contribution in [1.29, 1.82) is 0 Å². The normalized spacial score (nSPS) is 31.2. The van der Waals surface area contributed by atoms with Crippen LogP contribution in [0.2, 0.25) is 5.02 Å². The Hall–Kier alpha value is -1.01. The van der Waals surface area contributed by atoms with Gasteiger partial charge in [0, 0.05) is 10.4 Å². The van der Waals surface area contributed by atoms with E-state index in [1.165, 1.54) is 42.9 Å². The zero-order valence-electron chi connectivity index (χ0n) is 13.0. The molecule has 0 unspecified atom stereocenters. The molecule has 0 spiro atoms. The number of rotatable bonds is 1. The van der Waals surface area contributed by atoms with Crippen molar-refractivity contribution in [2.24, 2.45) is 11.3 Å². The number of fused-ring (bicyclic) bond motifs is 5. The van der Waals surface area contributed by atoms with Crippen LogP contribution in [-0.2, 0) is 6.42 Å². The quantitative estimate of drug-likeness (QED) is 0.575. The Labute approximate surface area is 132 Å². The molecule has 2 aliphatic rings. The summed E-state index contributed by atoms with van der Waals surface area (Å²) in [6, 6.07) is 11.0. The van der Waals surface area contributed by atoms with Gasteiger partial charge in [-0.05, 0) is 71.9 Å². The molecule has 4 rings (SSSR count). The standard InChI is InChI=1S/C20H23Cl/c1-3-20-9-8-15-14-6-4-5-7-16(14)19(21)11-17(15)18(20)10-13(2)12-20/h4-7,11,13,18H,3,8-10,12H2,1-2H3/t13-,18+,20-/m0/s1. The molecule has 2 aromatic carbocycles. The highest BCUT2D eigenvalue weighted by atomic mass is 35.5. The molecule has 2 aromatic rings. The van der Waals surface area contributed by atoms with Gasteiger partial charge in [-0.1, -0.05) is 49.7 Å². The Bertz CT molecular complexity index is 702. The van der Waals surface area contributed by atoms with Crippen molar-refractivity contribution >= 4 is 22.4 Å². The van der Waals surface area contributed by atoms with E-state index < -0.39 is 0 Å². The summed E-state index contributed by atoms with van der Waals surface area (Å²) in [7, 11) is 0. The summed E-state index contributed by atoms with van der Waals surface area (Å²) in [6.07, 6.45) is 6.64. The molecule has 3 atom stereocenters. The predicted octanol–water partition coefficient (Wildman–Crippen LogP) is 6.35. The molecular formula is C20H23Cl. The molecule has 0 radical (unpaired) electrons. The maximum Gasteiger partial charge on any atom is 0.0487 e. The molecule has 1 fully saturated rings. The van der Waals surface area contributed by atoms with E-state index in [2.05, 4.69) is 44.2 Å². The van der Waals surface area contributed by atoms with Gasteiger partial charge in [0.25, 0.3) is 0 Å². The minimum Gasteiger partial charge on any atom is -0.0837 e. The summed E-state index contributed by atoms with van der Waals surface area (Å²) < 4.78 is 0. The molecule has 1 heteroatoms. The molecule has 0 N–H and O–H groups in total. The topological polar surface area (TPSA) is 0 Å². The van der Waals surface area contributed by atoms with E-state index >= 15 is 0 Å². The minimum absolute atomic E-state index is 0.540. The van der Waals surface area contributed by atoms with Gasteiger partial charge >= 0.3 is 0 Å². The zero-order chi connectivity index (χ0) is 14.6. The van der Waals surface area contributed by atoms with Crippen molar-refractivity contribution in [2.45, 2.75) is 51.9 Å². The third kappa shape index (κ3) is 1.88. The van der Waals surface area contributed by atoms with E-state index in [1.807, 2.05) is 0 Å². The molecule has 0 heterocycles. The van der Waals surface area contributed by atoms with Gasteiger partial charge in [0.05, 0.1) is 0 Å². The monoisotopic (exact) mass is 298 g/mol. The van der Waals surface area contributed by atoms with Gasteiger partial charge in [-0.15, -0.1) is 0 Å². The van der Waals surface area contributed by atoms with Crippen molar-refractivity contribution in [3.05, 3.63) is 46.5 Å². The van der Waals surface area contributed by atoms with Crippen LogP contribution < -0.4 is 0 Å². The summed E-state index contributed by atoms with van der Waals surface area (Å²) in [6.45, 7) is 4.82. The SMILES string of the molecule is CC[C@@]12CCc3c(cc(Cl)c4ccccc34)[C@H]1C[C@H](C)C2. The third-order valence-electron chi connectivity index (χ3n) is 6.22. The van der Waals surface area contributed by atoms with E-state index in [0.717, 1.165) is 16.9 Å². The Balaban J connectivity index is 1.96. The average molecular weight is 299 g/mol. The Kier molecular flexibility index (Phi) is 3.08. The van der Waals surface area contributed by atoms with Gasteiger partial charge in [0.2, 0.25) is 0 Å². The summed E-state index contributed by atoms with van der Waals surface area (Å²) >= 11 is 6.61. The van der Waals surface area contributed by atoms with Crippen molar-refractivity contribution < 1.29 is 0 Å². The van der Waals surface area contributed by atoms with E-state index in [-0.39, 0.29) is 0 Å². The van der Waals surface area contributed by atoms with Crippen LogP contribution in [0.5, 0.6) is 0 Å². The predicted molar refractivity (Wildman–Crippen MR) is 91.1 cm³/mol. The van der Waals surface area contributed by atoms with E-state index in [4.69, 9.17) is 11.6 Å². The van der Waals surface area contributed by atoms with Crippen molar-refractivity contribution in [3.8, 4) is 0 Å². The molecule has 0 aromatic heterocycles. The second kappa shape index (κ2) is 4.74. The molecule has 0 nitrogen and oxygen atoms in total. The van der Waals surface area contributed by atoms with Crippen LogP contribution in [0.3, 0.4) is 0 Å². The molecule has 2 aliphatic carbocycles. The van der Waals surface area contributed by atoms with Crippen LogP contribution in [0.15, 0.2) is 30.3 Å². The first-order valence-corrected chi connectivity index (χ1v) is 8.72. The number of hydrogen-bond acceptors (Lipinski definition) is 0. The molecule has 0 amide bonds. The zero-order valence-corrected chi connectivity index (χ0v) is 13.7. The van der Waals surface area contributed by atoms with Crippen LogP contribution >= 0.6 is 11.6 Å². The van der Waals surface area contributed by atoms with Gasteiger partial charge in [-0.25, -0.2) is 0 Å². The van der Waals surface area contributed by atoms with E-state index in [1.54, 1.807) is 11.1 Å². The first-order chi connectivity index (χ1) is 10.1. The largest absolute Gasteiger partial charge is 0.0837 e. The van der Waals surface area contributed by atoms with Crippen LogP contribution in [0.4, 0.5) is 0 Å². The fourth-order valence-electron chi connectivity index (χ4n) is 5.25. The fourth-order valence-corrected chi connectivity index (χ4v) is 5.53. The first kappa shape index (κ1) is 13.6. The third-order valence-corrected chi connectivity index (χ3v) is 6.54. The van der Waals surface area contributed by atoms with Gasteiger partial charge < -0.3 is 0 Å². The van der Waals surface area contributed by atoms with E-state index in [0.29, 0.717) is 5.41 Å². The lowest BCUT2D eigenvalue weighted by Crippen LogP contribution is -2.29. The molecule has 0 aliphatic heterocycles. The highest BCUT2D eigenvalue weighted by Crippen LogP contribution is 2.60.